The maximum atomic E-state index is 11.1. The van der Waals surface area contributed by atoms with Gasteiger partial charge in [0.25, 0.3) is 0 Å². The Labute approximate surface area is 86.7 Å². The summed E-state index contributed by atoms with van der Waals surface area (Å²) < 4.78 is 61.5. The van der Waals surface area contributed by atoms with E-state index in [9.17, 15) is 16.8 Å². The highest BCUT2D eigenvalue weighted by Crippen LogP contribution is 2.34. The highest BCUT2D eigenvalue weighted by Gasteiger charge is 2.50. The summed E-state index contributed by atoms with van der Waals surface area (Å²) in [6, 6.07) is 0. The van der Waals surface area contributed by atoms with Gasteiger partial charge in [-0.05, 0) is 6.42 Å². The van der Waals surface area contributed by atoms with Crippen LogP contribution in [0.2, 0.25) is 0 Å². The zero-order chi connectivity index (χ0) is 11.2. The zero-order valence-corrected chi connectivity index (χ0v) is 9.04. The summed E-state index contributed by atoms with van der Waals surface area (Å²) >= 11 is 0. The van der Waals surface area contributed by atoms with Crippen molar-refractivity contribution in [3.8, 4) is 0 Å². The maximum Gasteiger partial charge on any atom is 0.402 e. The maximum absolute atomic E-state index is 11.1. The molecule has 2 heterocycles. The van der Waals surface area contributed by atoms with E-state index in [1.165, 1.54) is 0 Å². The number of rotatable bonds is 0. The summed E-state index contributed by atoms with van der Waals surface area (Å²) in [7, 11) is -8.40. The van der Waals surface area contributed by atoms with Crippen LogP contribution in [-0.2, 0) is 37.5 Å². The molecule has 1 unspecified atom stereocenters. The van der Waals surface area contributed by atoms with Crippen molar-refractivity contribution in [2.45, 2.75) is 18.6 Å². The molecule has 0 N–H and O–H groups in total. The Balaban J connectivity index is 2.29. The Kier molecular flexibility index (Phi) is 2.52. The second-order valence-electron chi connectivity index (χ2n) is 3.08. The average molecular weight is 260 g/mol. The monoisotopic (exact) mass is 260 g/mol. The topological polar surface area (TPSA) is 105 Å². The summed E-state index contributed by atoms with van der Waals surface area (Å²) in [6.45, 7) is -0.564. The molecule has 0 aromatic carbocycles. The summed E-state index contributed by atoms with van der Waals surface area (Å²) in [4.78, 5) is 0. The van der Waals surface area contributed by atoms with E-state index >= 15 is 0 Å². The Hall–Kier alpha value is -0.260. The van der Waals surface area contributed by atoms with Crippen LogP contribution in [0.5, 0.6) is 0 Å². The lowest BCUT2D eigenvalue weighted by molar-refractivity contribution is -0.0985. The average Bonchev–Trinajstić information content (AvgIpc) is 2.25. The number of hydrogen-bond acceptors (Lipinski definition) is 8. The van der Waals surface area contributed by atoms with Crippen LogP contribution < -0.4 is 0 Å². The van der Waals surface area contributed by atoms with Crippen molar-refractivity contribution in [2.75, 3.05) is 13.2 Å². The van der Waals surface area contributed by atoms with Gasteiger partial charge in [-0.3, -0.25) is 0 Å². The largest absolute Gasteiger partial charge is 0.402 e. The molecular formula is C5H8O8S2. The SMILES string of the molecule is O=S1(=O)OCCCC2(COS(=O)(=O)O2)O1. The summed E-state index contributed by atoms with van der Waals surface area (Å²) in [5.41, 5.74) is 0. The molecule has 0 aromatic rings. The molecule has 1 spiro atoms. The molecule has 0 aromatic heterocycles. The third kappa shape index (κ3) is 2.46. The van der Waals surface area contributed by atoms with Gasteiger partial charge >= 0.3 is 20.8 Å². The lowest BCUT2D eigenvalue weighted by atomic mass is 10.1. The van der Waals surface area contributed by atoms with Crippen LogP contribution in [0.15, 0.2) is 0 Å². The molecule has 1 atom stereocenters. The van der Waals surface area contributed by atoms with E-state index in [-0.39, 0.29) is 19.4 Å². The van der Waals surface area contributed by atoms with Crippen LogP contribution in [0.25, 0.3) is 0 Å². The standard InChI is InChI=1S/C5H8O8S2/c6-14(7)10-3-1-2-5(12-14)4-11-15(8,9)13-5/h1-4H2. The van der Waals surface area contributed by atoms with Crippen LogP contribution in [0.1, 0.15) is 12.8 Å². The van der Waals surface area contributed by atoms with Crippen LogP contribution in [-0.4, -0.2) is 35.8 Å². The van der Waals surface area contributed by atoms with Gasteiger partial charge in [0.1, 0.15) is 6.61 Å². The molecule has 8 nitrogen and oxygen atoms in total. The summed E-state index contributed by atoms with van der Waals surface area (Å²) in [5, 5.41) is 0. The van der Waals surface area contributed by atoms with E-state index in [2.05, 4.69) is 16.7 Å². The van der Waals surface area contributed by atoms with E-state index in [4.69, 9.17) is 0 Å². The molecule has 88 valence electrons. The van der Waals surface area contributed by atoms with Gasteiger partial charge in [-0.1, -0.05) is 0 Å². The van der Waals surface area contributed by atoms with Gasteiger partial charge < -0.3 is 0 Å². The van der Waals surface area contributed by atoms with Crippen LogP contribution in [0.4, 0.5) is 0 Å². The highest BCUT2D eigenvalue weighted by atomic mass is 32.3. The first-order chi connectivity index (χ1) is 6.83. The predicted octanol–water partition coefficient (Wildman–Crippen LogP) is -0.954. The molecular weight excluding hydrogens is 252 g/mol. The molecule has 2 fully saturated rings. The van der Waals surface area contributed by atoms with Crippen molar-refractivity contribution in [3.05, 3.63) is 0 Å². The zero-order valence-electron chi connectivity index (χ0n) is 7.41. The van der Waals surface area contributed by atoms with Crippen molar-refractivity contribution >= 4 is 20.8 Å². The molecule has 0 radical (unpaired) electrons. The highest BCUT2D eigenvalue weighted by molar-refractivity contribution is 7.82. The van der Waals surface area contributed by atoms with Gasteiger partial charge in [0, 0.05) is 6.42 Å². The Morgan fingerprint density at radius 2 is 1.53 bits per heavy atom. The van der Waals surface area contributed by atoms with Gasteiger partial charge in [0.2, 0.25) is 5.79 Å². The van der Waals surface area contributed by atoms with Crippen molar-refractivity contribution in [1.29, 1.82) is 0 Å². The van der Waals surface area contributed by atoms with Gasteiger partial charge in [-0.2, -0.15) is 16.8 Å². The van der Waals surface area contributed by atoms with Gasteiger partial charge in [0.15, 0.2) is 0 Å². The normalized spacial score (nSPS) is 38.9. The van der Waals surface area contributed by atoms with Crippen LogP contribution in [0.3, 0.4) is 0 Å². The second kappa shape index (κ2) is 3.37. The molecule has 2 rings (SSSR count). The fourth-order valence-corrected chi connectivity index (χ4v) is 3.16. The quantitative estimate of drug-likeness (QED) is 0.548. The van der Waals surface area contributed by atoms with E-state index < -0.39 is 33.2 Å². The van der Waals surface area contributed by atoms with Crippen molar-refractivity contribution in [3.63, 3.8) is 0 Å². The second-order valence-corrected chi connectivity index (χ2v) is 5.52. The molecule has 0 aliphatic carbocycles. The summed E-state index contributed by atoms with van der Waals surface area (Å²) in [6.07, 6.45) is 0.351. The van der Waals surface area contributed by atoms with E-state index in [0.29, 0.717) is 0 Å². The fourth-order valence-electron chi connectivity index (χ4n) is 1.30. The van der Waals surface area contributed by atoms with E-state index in [0.717, 1.165) is 0 Å². The van der Waals surface area contributed by atoms with Gasteiger partial charge in [0.05, 0.1) is 6.61 Å². The smallest absolute Gasteiger partial charge is 0.248 e. The number of hydrogen-bond donors (Lipinski definition) is 0. The lowest BCUT2D eigenvalue weighted by Crippen LogP contribution is -2.36. The Bertz CT molecular complexity index is 449. The fraction of sp³-hybridized carbons (Fsp3) is 1.00. The molecule has 2 aliphatic heterocycles. The molecule has 10 heteroatoms. The molecule has 2 saturated heterocycles. The minimum Gasteiger partial charge on any atom is -0.248 e. The molecule has 15 heavy (non-hydrogen) atoms. The third-order valence-corrected chi connectivity index (χ3v) is 3.74. The van der Waals surface area contributed by atoms with Crippen LogP contribution >= 0.6 is 0 Å². The van der Waals surface area contributed by atoms with Crippen molar-refractivity contribution < 1.29 is 33.6 Å². The predicted molar refractivity (Wildman–Crippen MR) is 43.9 cm³/mol. The van der Waals surface area contributed by atoms with E-state index in [1.54, 1.807) is 0 Å². The first-order valence-corrected chi connectivity index (χ1v) is 6.69. The van der Waals surface area contributed by atoms with Gasteiger partial charge in [-0.15, -0.1) is 0 Å². The molecule has 2 aliphatic rings. The first-order valence-electron chi connectivity index (χ1n) is 4.03. The third-order valence-electron chi connectivity index (χ3n) is 1.86. The molecule has 0 amide bonds. The first kappa shape index (κ1) is 11.2. The van der Waals surface area contributed by atoms with Crippen molar-refractivity contribution in [1.82, 2.24) is 0 Å². The lowest BCUT2D eigenvalue weighted by Gasteiger charge is -2.19. The summed E-state index contributed by atoms with van der Waals surface area (Å²) in [5.74, 6) is -1.80. The Morgan fingerprint density at radius 1 is 0.933 bits per heavy atom. The minimum absolute atomic E-state index is 0.0610. The van der Waals surface area contributed by atoms with Crippen molar-refractivity contribution in [2.24, 2.45) is 0 Å². The molecule has 0 saturated carbocycles. The van der Waals surface area contributed by atoms with E-state index in [1.807, 2.05) is 0 Å². The minimum atomic E-state index is -4.23. The molecule has 0 bridgehead atoms. The Morgan fingerprint density at radius 3 is 2.13 bits per heavy atom. The van der Waals surface area contributed by atoms with Crippen LogP contribution in [0, 0.1) is 0 Å². The van der Waals surface area contributed by atoms with Gasteiger partial charge in [-0.25, -0.2) is 16.7 Å².